The number of nitrogens with zero attached hydrogens (tertiary/aromatic N) is 2. The first-order valence-electron chi connectivity index (χ1n) is 9.15. The van der Waals surface area contributed by atoms with Crippen molar-refractivity contribution in [3.05, 3.63) is 58.1 Å². The number of aromatic nitrogens is 1. The zero-order valence-corrected chi connectivity index (χ0v) is 16.6. The van der Waals surface area contributed by atoms with Crippen LogP contribution in [0.2, 0.25) is 0 Å². The average Bonchev–Trinajstić information content (AvgIpc) is 3.03. The summed E-state index contributed by atoms with van der Waals surface area (Å²) in [5, 5.41) is 4.63. The van der Waals surface area contributed by atoms with E-state index >= 15 is 0 Å². The standard InChI is InChI=1S/C21H23N3O2S/c1-4-16-23-18-17-15(12-26-3)10-13(2)22-20(17)27-19(18)21(25)24(16)11-14-8-6-5-7-9-14/h5-10,16,23H,4,11-12H2,1-3H3/t16-/m1/s1. The van der Waals surface area contributed by atoms with E-state index in [2.05, 4.69) is 29.4 Å². The van der Waals surface area contributed by atoms with Crippen molar-refractivity contribution in [3.63, 3.8) is 0 Å². The molecule has 0 spiro atoms. The molecular formula is C21H23N3O2S. The number of fused-ring (bicyclic) bond motifs is 3. The van der Waals surface area contributed by atoms with Gasteiger partial charge in [-0.2, -0.15) is 0 Å². The molecule has 6 heteroatoms. The first kappa shape index (κ1) is 17.9. The molecule has 1 aromatic carbocycles. The van der Waals surface area contributed by atoms with Gasteiger partial charge in [-0.15, -0.1) is 11.3 Å². The van der Waals surface area contributed by atoms with Crippen molar-refractivity contribution in [1.29, 1.82) is 0 Å². The number of rotatable bonds is 5. The fraction of sp³-hybridized carbons (Fsp3) is 0.333. The highest BCUT2D eigenvalue weighted by Crippen LogP contribution is 2.42. The van der Waals surface area contributed by atoms with Gasteiger partial charge in [0.2, 0.25) is 0 Å². The Labute approximate surface area is 163 Å². The van der Waals surface area contributed by atoms with Crippen molar-refractivity contribution < 1.29 is 9.53 Å². The Bertz CT molecular complexity index is 984. The third-order valence-corrected chi connectivity index (χ3v) is 5.97. The van der Waals surface area contributed by atoms with Crippen LogP contribution in [0.15, 0.2) is 36.4 Å². The normalized spacial score (nSPS) is 16.5. The maximum Gasteiger partial charge on any atom is 0.268 e. The lowest BCUT2D eigenvalue weighted by molar-refractivity contribution is 0.0670. The van der Waals surface area contributed by atoms with Gasteiger partial charge in [0.1, 0.15) is 15.9 Å². The van der Waals surface area contributed by atoms with Gasteiger partial charge >= 0.3 is 0 Å². The highest BCUT2D eigenvalue weighted by molar-refractivity contribution is 7.21. The Morgan fingerprint density at radius 3 is 2.78 bits per heavy atom. The fourth-order valence-corrected chi connectivity index (χ4v) is 4.86. The summed E-state index contributed by atoms with van der Waals surface area (Å²) >= 11 is 1.47. The first-order valence-corrected chi connectivity index (χ1v) is 9.97. The number of hydrogen-bond acceptors (Lipinski definition) is 5. The van der Waals surface area contributed by atoms with Gasteiger partial charge in [-0.25, -0.2) is 4.98 Å². The number of ether oxygens (including phenoxy) is 1. The predicted molar refractivity (Wildman–Crippen MR) is 109 cm³/mol. The number of aryl methyl sites for hydroxylation is 1. The summed E-state index contributed by atoms with van der Waals surface area (Å²) < 4.78 is 5.39. The SMILES string of the molecule is CC[C@@H]1Nc2c(sc3nc(C)cc(COC)c23)C(=O)N1Cc1ccccc1. The molecule has 1 amide bonds. The molecule has 27 heavy (non-hydrogen) atoms. The van der Waals surface area contributed by atoms with Gasteiger partial charge in [0.05, 0.1) is 12.3 Å². The Hall–Kier alpha value is -2.44. The summed E-state index contributed by atoms with van der Waals surface area (Å²) in [7, 11) is 1.69. The van der Waals surface area contributed by atoms with Crippen LogP contribution in [0.1, 0.15) is 39.8 Å². The highest BCUT2D eigenvalue weighted by Gasteiger charge is 2.35. The minimum atomic E-state index is -0.0419. The molecule has 0 bridgehead atoms. The van der Waals surface area contributed by atoms with Gasteiger partial charge in [-0.1, -0.05) is 37.3 Å². The molecule has 0 radical (unpaired) electrons. The zero-order chi connectivity index (χ0) is 19.0. The summed E-state index contributed by atoms with van der Waals surface area (Å²) in [6, 6.07) is 12.2. The van der Waals surface area contributed by atoms with Crippen LogP contribution < -0.4 is 5.32 Å². The van der Waals surface area contributed by atoms with Crippen molar-refractivity contribution in [3.8, 4) is 0 Å². The Kier molecular flexibility index (Phi) is 4.85. The van der Waals surface area contributed by atoms with Crippen molar-refractivity contribution in [1.82, 2.24) is 9.88 Å². The lowest BCUT2D eigenvalue weighted by atomic mass is 10.1. The molecule has 1 N–H and O–H groups in total. The minimum Gasteiger partial charge on any atom is -0.380 e. The molecule has 1 aliphatic rings. The van der Waals surface area contributed by atoms with Crippen molar-refractivity contribution in [2.24, 2.45) is 0 Å². The van der Waals surface area contributed by atoms with Gasteiger partial charge in [0.15, 0.2) is 0 Å². The van der Waals surface area contributed by atoms with E-state index in [1.165, 1.54) is 11.3 Å². The van der Waals surface area contributed by atoms with Crippen LogP contribution in [0.4, 0.5) is 5.69 Å². The number of thiophene rings is 1. The number of methoxy groups -OCH3 is 1. The summed E-state index contributed by atoms with van der Waals surface area (Å²) in [5.74, 6) is 0.0727. The fourth-order valence-electron chi connectivity index (χ4n) is 3.67. The minimum absolute atomic E-state index is 0.0419. The molecule has 0 aliphatic carbocycles. The largest absolute Gasteiger partial charge is 0.380 e. The number of amides is 1. The summed E-state index contributed by atoms with van der Waals surface area (Å²) in [6.07, 6.45) is 0.786. The Morgan fingerprint density at radius 1 is 1.30 bits per heavy atom. The molecule has 3 aromatic rings. The van der Waals surface area contributed by atoms with E-state index in [4.69, 9.17) is 4.74 Å². The molecule has 1 atom stereocenters. The second kappa shape index (κ2) is 7.29. The lowest BCUT2D eigenvalue weighted by Crippen LogP contribution is -2.47. The number of benzene rings is 1. The van der Waals surface area contributed by atoms with Crippen LogP contribution in [-0.4, -0.2) is 29.1 Å². The molecule has 0 unspecified atom stereocenters. The summed E-state index contributed by atoms with van der Waals surface area (Å²) in [4.78, 5) is 21.6. The van der Waals surface area contributed by atoms with E-state index in [1.54, 1.807) is 7.11 Å². The molecule has 0 fully saturated rings. The van der Waals surface area contributed by atoms with Crippen LogP contribution in [0.25, 0.3) is 10.2 Å². The topological polar surface area (TPSA) is 54.5 Å². The average molecular weight is 382 g/mol. The number of pyridine rings is 1. The Morgan fingerprint density at radius 2 is 2.07 bits per heavy atom. The van der Waals surface area contributed by atoms with Crippen LogP contribution in [0.5, 0.6) is 0 Å². The van der Waals surface area contributed by atoms with Crippen LogP contribution in [0, 0.1) is 6.92 Å². The molecule has 0 saturated carbocycles. The molecule has 0 saturated heterocycles. The maximum atomic E-state index is 13.4. The smallest absolute Gasteiger partial charge is 0.268 e. The highest BCUT2D eigenvalue weighted by atomic mass is 32.1. The van der Waals surface area contributed by atoms with Crippen LogP contribution >= 0.6 is 11.3 Å². The Balaban J connectivity index is 1.80. The van der Waals surface area contributed by atoms with Gasteiger partial charge in [0.25, 0.3) is 5.91 Å². The van der Waals surface area contributed by atoms with Gasteiger partial charge in [0, 0.05) is 24.7 Å². The third-order valence-electron chi connectivity index (χ3n) is 4.90. The first-order chi connectivity index (χ1) is 13.1. The number of hydrogen-bond donors (Lipinski definition) is 1. The molecule has 5 nitrogen and oxygen atoms in total. The van der Waals surface area contributed by atoms with Crippen LogP contribution in [0.3, 0.4) is 0 Å². The van der Waals surface area contributed by atoms with E-state index in [0.29, 0.717) is 13.2 Å². The predicted octanol–water partition coefficient (Wildman–Crippen LogP) is 4.56. The summed E-state index contributed by atoms with van der Waals surface area (Å²) in [6.45, 7) is 5.17. The van der Waals surface area contributed by atoms with Crippen molar-refractivity contribution >= 4 is 33.1 Å². The molecule has 3 heterocycles. The van der Waals surface area contributed by atoms with Gasteiger partial charge in [-0.05, 0) is 30.5 Å². The molecule has 4 rings (SSSR count). The summed E-state index contributed by atoms with van der Waals surface area (Å²) in [5.41, 5.74) is 4.05. The number of anilines is 1. The van der Waals surface area contributed by atoms with E-state index in [-0.39, 0.29) is 12.1 Å². The van der Waals surface area contributed by atoms with E-state index in [0.717, 1.165) is 44.0 Å². The molecule has 1 aliphatic heterocycles. The van der Waals surface area contributed by atoms with Crippen molar-refractivity contribution in [2.45, 2.75) is 39.6 Å². The number of carbonyl (C=O) groups excluding carboxylic acids is 1. The van der Waals surface area contributed by atoms with Gasteiger partial charge in [-0.3, -0.25) is 4.79 Å². The lowest BCUT2D eigenvalue weighted by Gasteiger charge is -2.36. The van der Waals surface area contributed by atoms with Gasteiger partial charge < -0.3 is 15.0 Å². The van der Waals surface area contributed by atoms with Crippen LogP contribution in [-0.2, 0) is 17.9 Å². The third kappa shape index (κ3) is 3.19. The number of carbonyl (C=O) groups is 1. The molecule has 2 aromatic heterocycles. The van der Waals surface area contributed by atoms with E-state index < -0.39 is 0 Å². The second-order valence-electron chi connectivity index (χ2n) is 6.83. The quantitative estimate of drug-likeness (QED) is 0.704. The van der Waals surface area contributed by atoms with E-state index in [9.17, 15) is 4.79 Å². The molecule has 140 valence electrons. The van der Waals surface area contributed by atoms with Crippen molar-refractivity contribution in [2.75, 3.05) is 12.4 Å². The monoisotopic (exact) mass is 381 g/mol. The maximum absolute atomic E-state index is 13.4. The second-order valence-corrected chi connectivity index (χ2v) is 7.83. The van der Waals surface area contributed by atoms with E-state index in [1.807, 2.05) is 36.1 Å². The number of nitrogens with one attached hydrogen (secondary N) is 1. The molecular weight excluding hydrogens is 358 g/mol. The zero-order valence-electron chi connectivity index (χ0n) is 15.8.